The third kappa shape index (κ3) is 2.85. The summed E-state index contributed by atoms with van der Waals surface area (Å²) in [7, 11) is 0. The summed E-state index contributed by atoms with van der Waals surface area (Å²) in [6, 6.07) is 8.73. The van der Waals surface area contributed by atoms with Crippen molar-refractivity contribution in [2.75, 3.05) is 0 Å². The molecule has 2 unspecified atom stereocenters. The number of hydrogen-bond donors (Lipinski definition) is 1. The second-order valence-corrected chi connectivity index (χ2v) is 7.05. The zero-order valence-corrected chi connectivity index (χ0v) is 12.1. The minimum absolute atomic E-state index is 0.0492. The molecule has 2 nitrogen and oxygen atoms in total. The van der Waals surface area contributed by atoms with Crippen LogP contribution in [0.15, 0.2) is 24.3 Å². The van der Waals surface area contributed by atoms with E-state index in [1.165, 1.54) is 11.1 Å². The zero-order valence-electron chi connectivity index (χ0n) is 12.1. The van der Waals surface area contributed by atoms with Crippen molar-refractivity contribution >= 4 is 0 Å². The molecule has 2 N–H and O–H groups in total. The SMILES string of the molecule is CC1(C)CCC(CC2(N)CCc3ccccc3C2)O1. The molecule has 0 bridgehead atoms. The van der Waals surface area contributed by atoms with Gasteiger partial charge in [-0.25, -0.2) is 0 Å². The van der Waals surface area contributed by atoms with Crippen LogP contribution >= 0.6 is 0 Å². The van der Waals surface area contributed by atoms with Crippen LogP contribution in [0.25, 0.3) is 0 Å². The lowest BCUT2D eigenvalue weighted by Crippen LogP contribution is -2.47. The first-order chi connectivity index (χ1) is 8.96. The van der Waals surface area contributed by atoms with E-state index in [0.29, 0.717) is 6.10 Å². The molecule has 1 aliphatic heterocycles. The van der Waals surface area contributed by atoms with Crippen molar-refractivity contribution in [1.29, 1.82) is 0 Å². The molecule has 1 fully saturated rings. The van der Waals surface area contributed by atoms with Crippen molar-refractivity contribution in [2.45, 2.75) is 69.6 Å². The molecule has 0 radical (unpaired) electrons. The van der Waals surface area contributed by atoms with E-state index in [0.717, 1.165) is 38.5 Å². The van der Waals surface area contributed by atoms with Crippen LogP contribution in [0, 0.1) is 0 Å². The largest absolute Gasteiger partial charge is 0.372 e. The topological polar surface area (TPSA) is 35.2 Å². The van der Waals surface area contributed by atoms with Crippen LogP contribution in [-0.2, 0) is 17.6 Å². The van der Waals surface area contributed by atoms with E-state index in [9.17, 15) is 0 Å². The highest BCUT2D eigenvalue weighted by Gasteiger charge is 2.38. The first-order valence-corrected chi connectivity index (χ1v) is 7.49. The Morgan fingerprint density at radius 1 is 1.21 bits per heavy atom. The fourth-order valence-corrected chi connectivity index (χ4v) is 3.67. The molecule has 2 aliphatic rings. The van der Waals surface area contributed by atoms with Crippen LogP contribution < -0.4 is 5.73 Å². The number of rotatable bonds is 2. The minimum Gasteiger partial charge on any atom is -0.372 e. The molecule has 1 heterocycles. The molecule has 3 rings (SSSR count). The normalized spacial score (nSPS) is 33.1. The molecule has 104 valence electrons. The van der Waals surface area contributed by atoms with Gasteiger partial charge in [0.1, 0.15) is 0 Å². The molecule has 0 spiro atoms. The fourth-order valence-electron chi connectivity index (χ4n) is 3.67. The molecular weight excluding hydrogens is 234 g/mol. The van der Waals surface area contributed by atoms with E-state index < -0.39 is 0 Å². The highest BCUT2D eigenvalue weighted by Crippen LogP contribution is 2.37. The molecule has 1 aliphatic carbocycles. The summed E-state index contributed by atoms with van der Waals surface area (Å²) < 4.78 is 6.12. The maximum atomic E-state index is 6.66. The van der Waals surface area contributed by atoms with Crippen molar-refractivity contribution < 1.29 is 4.74 Å². The summed E-state index contributed by atoms with van der Waals surface area (Å²) in [5.41, 5.74) is 9.56. The standard InChI is InChI=1S/C17H25NO/c1-16(2)9-8-15(19-16)12-17(18)10-7-13-5-3-4-6-14(13)11-17/h3-6,15H,7-12,18H2,1-2H3. The maximum absolute atomic E-state index is 6.66. The van der Waals surface area contributed by atoms with Crippen LogP contribution in [0.5, 0.6) is 0 Å². The molecule has 19 heavy (non-hydrogen) atoms. The van der Waals surface area contributed by atoms with Crippen molar-refractivity contribution in [3.63, 3.8) is 0 Å². The Morgan fingerprint density at radius 3 is 2.63 bits per heavy atom. The number of nitrogens with two attached hydrogens (primary N) is 1. The smallest absolute Gasteiger partial charge is 0.0631 e. The average Bonchev–Trinajstić information content (AvgIpc) is 2.67. The lowest BCUT2D eigenvalue weighted by Gasteiger charge is -2.37. The predicted molar refractivity (Wildman–Crippen MR) is 78.2 cm³/mol. The van der Waals surface area contributed by atoms with Crippen molar-refractivity contribution in [3.05, 3.63) is 35.4 Å². The molecule has 0 saturated carbocycles. The van der Waals surface area contributed by atoms with Gasteiger partial charge in [0.15, 0.2) is 0 Å². The van der Waals surface area contributed by atoms with Gasteiger partial charge in [0.2, 0.25) is 0 Å². The number of aryl methyl sites for hydroxylation is 1. The van der Waals surface area contributed by atoms with Gasteiger partial charge in [-0.05, 0) is 63.5 Å². The van der Waals surface area contributed by atoms with E-state index in [4.69, 9.17) is 10.5 Å². The lowest BCUT2D eigenvalue weighted by atomic mass is 9.75. The summed E-state index contributed by atoms with van der Waals surface area (Å²) in [6.45, 7) is 4.37. The molecule has 2 heteroatoms. The molecular formula is C17H25NO. The van der Waals surface area contributed by atoms with Crippen LogP contribution in [0.4, 0.5) is 0 Å². The minimum atomic E-state index is -0.0700. The monoisotopic (exact) mass is 259 g/mol. The molecule has 1 aromatic carbocycles. The Kier molecular flexibility index (Phi) is 3.18. The highest BCUT2D eigenvalue weighted by atomic mass is 16.5. The third-order valence-corrected chi connectivity index (χ3v) is 4.74. The number of benzene rings is 1. The molecule has 0 amide bonds. The summed E-state index contributed by atoms with van der Waals surface area (Å²) in [5, 5.41) is 0. The van der Waals surface area contributed by atoms with Gasteiger partial charge in [0, 0.05) is 5.54 Å². The van der Waals surface area contributed by atoms with Gasteiger partial charge in [-0.2, -0.15) is 0 Å². The predicted octanol–water partition coefficient (Wildman–Crippen LogP) is 3.22. The maximum Gasteiger partial charge on any atom is 0.0631 e. The second kappa shape index (κ2) is 4.60. The summed E-state index contributed by atoms with van der Waals surface area (Å²) in [5.74, 6) is 0. The molecule has 0 aromatic heterocycles. The van der Waals surface area contributed by atoms with Gasteiger partial charge < -0.3 is 10.5 Å². The Hall–Kier alpha value is -0.860. The fraction of sp³-hybridized carbons (Fsp3) is 0.647. The Morgan fingerprint density at radius 2 is 1.95 bits per heavy atom. The second-order valence-electron chi connectivity index (χ2n) is 7.05. The Balaban J connectivity index is 1.69. The van der Waals surface area contributed by atoms with Crippen LogP contribution in [0.1, 0.15) is 50.7 Å². The zero-order chi connectivity index (χ0) is 13.5. The van der Waals surface area contributed by atoms with Crippen molar-refractivity contribution in [3.8, 4) is 0 Å². The Labute approximate surface area is 116 Å². The van der Waals surface area contributed by atoms with E-state index in [-0.39, 0.29) is 11.1 Å². The summed E-state index contributed by atoms with van der Waals surface area (Å²) in [6.07, 6.45) is 6.88. The quantitative estimate of drug-likeness (QED) is 0.885. The van der Waals surface area contributed by atoms with Gasteiger partial charge in [-0.3, -0.25) is 0 Å². The summed E-state index contributed by atoms with van der Waals surface area (Å²) in [4.78, 5) is 0. The first-order valence-electron chi connectivity index (χ1n) is 7.49. The average molecular weight is 259 g/mol. The highest BCUT2D eigenvalue weighted by molar-refractivity contribution is 5.32. The molecule has 2 atom stereocenters. The van der Waals surface area contributed by atoms with Gasteiger partial charge in [-0.1, -0.05) is 24.3 Å². The van der Waals surface area contributed by atoms with E-state index in [1.54, 1.807) is 0 Å². The van der Waals surface area contributed by atoms with Gasteiger partial charge >= 0.3 is 0 Å². The molecule has 1 saturated heterocycles. The number of ether oxygens (including phenoxy) is 1. The molecule has 1 aromatic rings. The van der Waals surface area contributed by atoms with Gasteiger partial charge in [0.25, 0.3) is 0 Å². The van der Waals surface area contributed by atoms with Crippen LogP contribution in [-0.4, -0.2) is 17.2 Å². The first kappa shape index (κ1) is 13.1. The van der Waals surface area contributed by atoms with Gasteiger partial charge in [0.05, 0.1) is 11.7 Å². The van der Waals surface area contributed by atoms with Crippen LogP contribution in [0.3, 0.4) is 0 Å². The van der Waals surface area contributed by atoms with E-state index in [1.807, 2.05) is 0 Å². The van der Waals surface area contributed by atoms with E-state index in [2.05, 4.69) is 38.1 Å². The van der Waals surface area contributed by atoms with Crippen molar-refractivity contribution in [2.24, 2.45) is 5.73 Å². The van der Waals surface area contributed by atoms with Crippen molar-refractivity contribution in [1.82, 2.24) is 0 Å². The number of fused-ring (bicyclic) bond motifs is 1. The van der Waals surface area contributed by atoms with Crippen LogP contribution in [0.2, 0.25) is 0 Å². The Bertz CT molecular complexity index is 468. The third-order valence-electron chi connectivity index (χ3n) is 4.74. The van der Waals surface area contributed by atoms with E-state index >= 15 is 0 Å². The number of hydrogen-bond acceptors (Lipinski definition) is 2. The summed E-state index contributed by atoms with van der Waals surface area (Å²) >= 11 is 0. The van der Waals surface area contributed by atoms with Gasteiger partial charge in [-0.15, -0.1) is 0 Å². The lowest BCUT2D eigenvalue weighted by molar-refractivity contribution is -0.0278.